The molecule has 0 aromatic carbocycles. The minimum absolute atomic E-state index is 0.217. The zero-order chi connectivity index (χ0) is 11.4. The third-order valence-corrected chi connectivity index (χ3v) is 4.83. The Morgan fingerprint density at radius 2 is 2.19 bits per heavy atom. The normalized spacial score (nSPS) is 32.1. The molecule has 1 unspecified atom stereocenters. The molecule has 94 valence electrons. The minimum Gasteiger partial charge on any atom is -0.374 e. The summed E-state index contributed by atoms with van der Waals surface area (Å²) >= 11 is 0. The van der Waals surface area contributed by atoms with E-state index in [1.54, 1.807) is 0 Å². The lowest BCUT2D eigenvalue weighted by molar-refractivity contribution is 0.00689. The van der Waals surface area contributed by atoms with Crippen molar-refractivity contribution in [2.24, 2.45) is 0 Å². The summed E-state index contributed by atoms with van der Waals surface area (Å²) in [5.74, 6) is 0.639. The Labute approximate surface area is 97.1 Å². The molecule has 0 amide bonds. The molecule has 0 radical (unpaired) electrons. The van der Waals surface area contributed by atoms with Gasteiger partial charge in [0, 0.05) is 26.2 Å². The van der Waals surface area contributed by atoms with Gasteiger partial charge in [-0.05, 0) is 13.0 Å². The van der Waals surface area contributed by atoms with E-state index in [1.165, 1.54) is 0 Å². The van der Waals surface area contributed by atoms with Gasteiger partial charge < -0.3 is 10.1 Å². The fourth-order valence-electron chi connectivity index (χ4n) is 2.20. The van der Waals surface area contributed by atoms with Crippen molar-refractivity contribution in [3.63, 3.8) is 0 Å². The van der Waals surface area contributed by atoms with Crippen molar-refractivity contribution in [2.75, 3.05) is 50.8 Å². The Morgan fingerprint density at radius 1 is 1.31 bits per heavy atom. The number of nitrogens with one attached hydrogen (secondary N) is 1. The average molecular weight is 248 g/mol. The minimum atomic E-state index is -2.79. The van der Waals surface area contributed by atoms with E-state index in [9.17, 15) is 8.42 Å². The zero-order valence-corrected chi connectivity index (χ0v) is 10.3. The molecule has 0 bridgehead atoms. The molecule has 0 aliphatic carbocycles. The second-order valence-electron chi connectivity index (χ2n) is 4.50. The van der Waals surface area contributed by atoms with Crippen molar-refractivity contribution in [1.29, 1.82) is 0 Å². The summed E-state index contributed by atoms with van der Waals surface area (Å²) in [4.78, 5) is 2.21. The molecule has 2 saturated heterocycles. The monoisotopic (exact) mass is 248 g/mol. The SMILES string of the molecule is O=S1(=O)CCCN(CC2CNCCO2)CC1. The molecule has 0 aromatic heterocycles. The highest BCUT2D eigenvalue weighted by atomic mass is 32.2. The first-order valence-corrected chi connectivity index (χ1v) is 7.73. The summed E-state index contributed by atoms with van der Waals surface area (Å²) in [5.41, 5.74) is 0. The lowest BCUT2D eigenvalue weighted by atomic mass is 10.2. The van der Waals surface area contributed by atoms with Crippen molar-refractivity contribution in [3.05, 3.63) is 0 Å². The number of rotatable bonds is 2. The maximum absolute atomic E-state index is 11.4. The van der Waals surface area contributed by atoms with Gasteiger partial charge in [-0.3, -0.25) is 4.90 Å². The van der Waals surface area contributed by atoms with E-state index < -0.39 is 9.84 Å². The summed E-state index contributed by atoms with van der Waals surface area (Å²) in [6.07, 6.45) is 0.970. The van der Waals surface area contributed by atoms with Crippen LogP contribution in [0.25, 0.3) is 0 Å². The van der Waals surface area contributed by atoms with Crippen LogP contribution in [0.4, 0.5) is 0 Å². The number of hydrogen-bond acceptors (Lipinski definition) is 5. The molecule has 0 spiro atoms. The van der Waals surface area contributed by atoms with E-state index in [-0.39, 0.29) is 6.10 Å². The highest BCUT2D eigenvalue weighted by Gasteiger charge is 2.22. The van der Waals surface area contributed by atoms with Crippen molar-refractivity contribution in [1.82, 2.24) is 10.2 Å². The molecule has 2 fully saturated rings. The van der Waals surface area contributed by atoms with Crippen LogP contribution in [-0.2, 0) is 14.6 Å². The fraction of sp³-hybridized carbons (Fsp3) is 1.00. The molecular formula is C10H20N2O3S. The maximum Gasteiger partial charge on any atom is 0.151 e. The van der Waals surface area contributed by atoms with Crippen molar-refractivity contribution < 1.29 is 13.2 Å². The third kappa shape index (κ3) is 3.69. The van der Waals surface area contributed by atoms with Crippen molar-refractivity contribution in [2.45, 2.75) is 12.5 Å². The van der Waals surface area contributed by atoms with Crippen LogP contribution in [0, 0.1) is 0 Å². The van der Waals surface area contributed by atoms with Crippen molar-refractivity contribution >= 4 is 9.84 Å². The van der Waals surface area contributed by atoms with Crippen LogP contribution in [0.3, 0.4) is 0 Å². The molecule has 2 aliphatic rings. The van der Waals surface area contributed by atoms with Gasteiger partial charge in [0.1, 0.15) is 0 Å². The smallest absolute Gasteiger partial charge is 0.151 e. The van der Waals surface area contributed by atoms with E-state index in [4.69, 9.17) is 4.74 Å². The molecule has 16 heavy (non-hydrogen) atoms. The van der Waals surface area contributed by atoms with Gasteiger partial charge in [-0.2, -0.15) is 0 Å². The fourth-order valence-corrected chi connectivity index (χ4v) is 3.51. The van der Waals surface area contributed by atoms with E-state index in [2.05, 4.69) is 10.2 Å². The molecule has 6 heteroatoms. The van der Waals surface area contributed by atoms with Gasteiger partial charge in [-0.25, -0.2) is 8.42 Å². The van der Waals surface area contributed by atoms with Crippen LogP contribution in [0.5, 0.6) is 0 Å². The number of ether oxygens (including phenoxy) is 1. The lowest BCUT2D eigenvalue weighted by Crippen LogP contribution is -2.45. The van der Waals surface area contributed by atoms with Crippen molar-refractivity contribution in [3.8, 4) is 0 Å². The largest absolute Gasteiger partial charge is 0.374 e. The van der Waals surface area contributed by atoms with E-state index in [0.29, 0.717) is 18.1 Å². The molecule has 1 N–H and O–H groups in total. The van der Waals surface area contributed by atoms with Gasteiger partial charge in [-0.15, -0.1) is 0 Å². The summed E-state index contributed by atoms with van der Waals surface area (Å²) in [7, 11) is -2.79. The third-order valence-electron chi connectivity index (χ3n) is 3.11. The van der Waals surface area contributed by atoms with Gasteiger partial charge in [0.15, 0.2) is 9.84 Å². The molecule has 0 aromatic rings. The first-order valence-electron chi connectivity index (χ1n) is 5.91. The van der Waals surface area contributed by atoms with Gasteiger partial charge >= 0.3 is 0 Å². The molecule has 1 atom stereocenters. The van der Waals surface area contributed by atoms with Crippen LogP contribution in [-0.4, -0.2) is 70.3 Å². The second-order valence-corrected chi connectivity index (χ2v) is 6.81. The molecule has 2 heterocycles. The number of hydrogen-bond donors (Lipinski definition) is 1. The Morgan fingerprint density at radius 3 is 2.94 bits per heavy atom. The summed E-state index contributed by atoms with van der Waals surface area (Å²) in [5, 5.41) is 3.29. The Balaban J connectivity index is 1.81. The molecule has 0 saturated carbocycles. The summed E-state index contributed by atoms with van der Waals surface area (Å²) in [6, 6.07) is 0. The van der Waals surface area contributed by atoms with Gasteiger partial charge in [0.2, 0.25) is 0 Å². The highest BCUT2D eigenvalue weighted by Crippen LogP contribution is 2.07. The van der Waals surface area contributed by atoms with E-state index >= 15 is 0 Å². The zero-order valence-electron chi connectivity index (χ0n) is 9.52. The lowest BCUT2D eigenvalue weighted by Gasteiger charge is -2.29. The average Bonchev–Trinajstić information content (AvgIpc) is 2.42. The Hall–Kier alpha value is -0.170. The van der Waals surface area contributed by atoms with E-state index in [0.717, 1.165) is 39.2 Å². The van der Waals surface area contributed by atoms with Crippen LogP contribution >= 0.6 is 0 Å². The molecule has 2 rings (SSSR count). The van der Waals surface area contributed by atoms with Crippen LogP contribution in [0.15, 0.2) is 0 Å². The van der Waals surface area contributed by atoms with Gasteiger partial charge in [0.25, 0.3) is 0 Å². The second kappa shape index (κ2) is 5.44. The molecule has 5 nitrogen and oxygen atoms in total. The number of sulfone groups is 1. The first-order chi connectivity index (χ1) is 7.66. The Kier molecular flexibility index (Phi) is 4.18. The number of nitrogens with zero attached hydrogens (tertiary/aromatic N) is 1. The topological polar surface area (TPSA) is 58.6 Å². The summed E-state index contributed by atoms with van der Waals surface area (Å²) in [6.45, 7) is 4.94. The molecule has 2 aliphatic heterocycles. The van der Waals surface area contributed by atoms with E-state index in [1.807, 2.05) is 0 Å². The standard InChI is InChI=1S/C10H20N2O3S/c13-16(14)6-1-3-12(4-7-16)9-10-8-11-2-5-15-10/h10-11H,1-9H2. The van der Waals surface area contributed by atoms with Crippen LogP contribution < -0.4 is 5.32 Å². The predicted molar refractivity (Wildman–Crippen MR) is 62.3 cm³/mol. The predicted octanol–water partition coefficient (Wildman–Crippen LogP) is -0.905. The number of morpholine rings is 1. The Bertz CT molecular complexity index is 312. The maximum atomic E-state index is 11.4. The van der Waals surface area contributed by atoms with Gasteiger partial charge in [0.05, 0.1) is 24.2 Å². The highest BCUT2D eigenvalue weighted by molar-refractivity contribution is 7.91. The van der Waals surface area contributed by atoms with Crippen LogP contribution in [0.1, 0.15) is 6.42 Å². The van der Waals surface area contributed by atoms with Crippen LogP contribution in [0.2, 0.25) is 0 Å². The first kappa shape index (κ1) is 12.3. The molecular weight excluding hydrogens is 228 g/mol. The van der Waals surface area contributed by atoms with Gasteiger partial charge in [-0.1, -0.05) is 0 Å². The quantitative estimate of drug-likeness (QED) is 0.686. The summed E-state index contributed by atoms with van der Waals surface area (Å²) < 4.78 is 28.5.